The van der Waals surface area contributed by atoms with Gasteiger partial charge in [0.15, 0.2) is 0 Å². The lowest BCUT2D eigenvalue weighted by Crippen LogP contribution is -2.55. The maximum absolute atomic E-state index is 14.5. The summed E-state index contributed by atoms with van der Waals surface area (Å²) in [5.41, 5.74) is 2.91. The van der Waals surface area contributed by atoms with Crippen LogP contribution in [0.2, 0.25) is 0 Å². The fourth-order valence-corrected chi connectivity index (χ4v) is 6.33. The fraction of sp³-hybridized carbons (Fsp3) is 0.500. The van der Waals surface area contributed by atoms with Crippen LogP contribution in [-0.4, -0.2) is 29.3 Å². The Morgan fingerprint density at radius 2 is 1.59 bits per heavy atom. The first-order valence-electron chi connectivity index (χ1n) is 12.7. The summed E-state index contributed by atoms with van der Waals surface area (Å²) in [5, 5.41) is 3.11. The predicted octanol–water partition coefficient (Wildman–Crippen LogP) is 5.89. The summed E-state index contributed by atoms with van der Waals surface area (Å²) >= 11 is 0. The molecule has 1 saturated heterocycles. The van der Waals surface area contributed by atoms with Crippen molar-refractivity contribution in [3.05, 3.63) is 64.7 Å². The molecule has 4 nitrogen and oxygen atoms in total. The predicted molar refractivity (Wildman–Crippen MR) is 128 cm³/mol. The van der Waals surface area contributed by atoms with Crippen molar-refractivity contribution in [3.8, 4) is 0 Å². The summed E-state index contributed by atoms with van der Waals surface area (Å²) < 4.78 is 29.0. The number of rotatable bonds is 4. The highest BCUT2D eigenvalue weighted by Crippen LogP contribution is 2.38. The van der Waals surface area contributed by atoms with Crippen LogP contribution in [-0.2, 0) is 17.6 Å². The smallest absolute Gasteiger partial charge is 0.260 e. The zero-order valence-corrected chi connectivity index (χ0v) is 19.5. The standard InChI is InChI=1S/C28H32F2N2O2/c29-23-12-5-13-24(30)25(23)28(34)32-16-6-11-22(26(32)19-7-2-1-3-8-19)27(33)31-21-15-14-18-9-4-10-20(18)17-21/h5,12-15,17,19,22,26H,1-4,6-11,16H2,(H,31,33)/t22-,26-/m0/s1. The third-order valence-corrected chi connectivity index (χ3v) is 7.96. The highest BCUT2D eigenvalue weighted by atomic mass is 19.1. The van der Waals surface area contributed by atoms with E-state index in [-0.39, 0.29) is 17.9 Å². The SMILES string of the molecule is O=C(Nc1ccc2c(c1)CCC2)[C@H]1CCCN(C(=O)c2c(F)cccc2F)[C@H]1C1CCCCC1. The van der Waals surface area contributed by atoms with Crippen molar-refractivity contribution in [2.24, 2.45) is 11.8 Å². The number of piperidine rings is 1. The molecule has 2 fully saturated rings. The number of nitrogens with zero attached hydrogens (tertiary/aromatic N) is 1. The van der Waals surface area contributed by atoms with Crippen molar-refractivity contribution in [2.75, 3.05) is 11.9 Å². The lowest BCUT2D eigenvalue weighted by molar-refractivity contribution is -0.124. The Morgan fingerprint density at radius 1 is 0.853 bits per heavy atom. The second kappa shape index (κ2) is 9.85. The van der Waals surface area contributed by atoms with Gasteiger partial charge in [0.1, 0.15) is 17.2 Å². The molecule has 0 radical (unpaired) electrons. The van der Waals surface area contributed by atoms with Crippen molar-refractivity contribution in [2.45, 2.75) is 70.3 Å². The number of fused-ring (bicyclic) bond motifs is 1. The number of anilines is 1. The van der Waals surface area contributed by atoms with Gasteiger partial charge in [0.05, 0.1) is 5.92 Å². The van der Waals surface area contributed by atoms with Crippen molar-refractivity contribution in [3.63, 3.8) is 0 Å². The summed E-state index contributed by atoms with van der Waals surface area (Å²) in [6, 6.07) is 9.27. The van der Waals surface area contributed by atoms with Gasteiger partial charge in [0.2, 0.25) is 5.91 Å². The van der Waals surface area contributed by atoms with Gasteiger partial charge in [0.25, 0.3) is 5.91 Å². The van der Waals surface area contributed by atoms with Crippen LogP contribution < -0.4 is 5.32 Å². The van der Waals surface area contributed by atoms with Gasteiger partial charge in [-0.2, -0.15) is 0 Å². The molecule has 1 N–H and O–H groups in total. The molecule has 1 heterocycles. The first-order valence-corrected chi connectivity index (χ1v) is 12.7. The summed E-state index contributed by atoms with van der Waals surface area (Å²) in [6.07, 6.45) is 9.66. The van der Waals surface area contributed by atoms with Gasteiger partial charge in [-0.25, -0.2) is 8.78 Å². The second-order valence-electron chi connectivity index (χ2n) is 10.1. The largest absolute Gasteiger partial charge is 0.334 e. The van der Waals surface area contributed by atoms with Crippen LogP contribution in [0.15, 0.2) is 36.4 Å². The molecule has 1 aliphatic heterocycles. The zero-order valence-electron chi connectivity index (χ0n) is 19.5. The minimum atomic E-state index is -0.850. The average Bonchev–Trinajstić information content (AvgIpc) is 3.32. The molecule has 0 unspecified atom stereocenters. The Labute approximate surface area is 199 Å². The van der Waals surface area contributed by atoms with Crippen molar-refractivity contribution in [1.82, 2.24) is 4.90 Å². The number of hydrogen-bond acceptors (Lipinski definition) is 2. The van der Waals surface area contributed by atoms with E-state index in [9.17, 15) is 18.4 Å². The third-order valence-electron chi connectivity index (χ3n) is 7.96. The maximum Gasteiger partial charge on any atom is 0.260 e. The first-order chi connectivity index (χ1) is 16.5. The van der Waals surface area contributed by atoms with Gasteiger partial charge in [-0.15, -0.1) is 0 Å². The first kappa shape index (κ1) is 23.0. The molecule has 3 aliphatic rings. The van der Waals surface area contributed by atoms with E-state index >= 15 is 0 Å². The topological polar surface area (TPSA) is 49.4 Å². The normalized spacial score (nSPS) is 22.9. The quantitative estimate of drug-likeness (QED) is 0.611. The third kappa shape index (κ3) is 4.47. The molecule has 0 aromatic heterocycles. The number of hydrogen-bond donors (Lipinski definition) is 1. The Kier molecular flexibility index (Phi) is 6.66. The maximum atomic E-state index is 14.5. The Morgan fingerprint density at radius 3 is 2.35 bits per heavy atom. The highest BCUT2D eigenvalue weighted by Gasteiger charge is 2.44. The van der Waals surface area contributed by atoms with E-state index in [1.165, 1.54) is 17.2 Å². The number of carbonyl (C=O) groups excluding carboxylic acids is 2. The minimum Gasteiger partial charge on any atom is -0.334 e. The number of carbonyl (C=O) groups is 2. The van der Waals surface area contributed by atoms with Gasteiger partial charge in [-0.1, -0.05) is 31.4 Å². The molecular formula is C28H32F2N2O2. The molecule has 5 rings (SSSR count). The van der Waals surface area contributed by atoms with E-state index < -0.39 is 29.0 Å². The van der Waals surface area contributed by atoms with Gasteiger partial charge >= 0.3 is 0 Å². The lowest BCUT2D eigenvalue weighted by Gasteiger charge is -2.46. The summed E-state index contributed by atoms with van der Waals surface area (Å²) in [7, 11) is 0. The number of likely N-dealkylation sites (tertiary alicyclic amines) is 1. The fourth-order valence-electron chi connectivity index (χ4n) is 6.33. The molecule has 0 spiro atoms. The molecule has 0 bridgehead atoms. The number of halogens is 2. The van der Waals surface area contributed by atoms with Gasteiger partial charge in [-0.05, 0) is 86.3 Å². The summed E-state index contributed by atoms with van der Waals surface area (Å²) in [5.74, 6) is -2.68. The van der Waals surface area contributed by atoms with Crippen LogP contribution in [0.4, 0.5) is 14.5 Å². The highest BCUT2D eigenvalue weighted by molar-refractivity contribution is 5.97. The summed E-state index contributed by atoms with van der Waals surface area (Å²) in [6.45, 7) is 0.413. The monoisotopic (exact) mass is 466 g/mol. The molecule has 34 heavy (non-hydrogen) atoms. The summed E-state index contributed by atoms with van der Waals surface area (Å²) in [4.78, 5) is 28.6. The Bertz CT molecular complexity index is 1060. The molecule has 2 amide bonds. The van der Waals surface area contributed by atoms with Crippen LogP contribution in [0, 0.1) is 23.5 Å². The van der Waals surface area contributed by atoms with Crippen LogP contribution >= 0.6 is 0 Å². The van der Waals surface area contributed by atoms with Gasteiger partial charge in [-0.3, -0.25) is 9.59 Å². The molecule has 180 valence electrons. The molecule has 2 atom stereocenters. The average molecular weight is 467 g/mol. The second-order valence-corrected chi connectivity index (χ2v) is 10.1. The lowest BCUT2D eigenvalue weighted by atomic mass is 9.74. The van der Waals surface area contributed by atoms with Gasteiger partial charge in [0, 0.05) is 18.3 Å². The van der Waals surface area contributed by atoms with E-state index in [2.05, 4.69) is 17.4 Å². The molecule has 2 aliphatic carbocycles. The van der Waals surface area contributed by atoms with E-state index in [0.29, 0.717) is 19.4 Å². The van der Waals surface area contributed by atoms with E-state index in [1.807, 2.05) is 6.07 Å². The molecular weight excluding hydrogens is 434 g/mol. The van der Waals surface area contributed by atoms with Crippen LogP contribution in [0.5, 0.6) is 0 Å². The van der Waals surface area contributed by atoms with Gasteiger partial charge < -0.3 is 10.2 Å². The van der Waals surface area contributed by atoms with E-state index in [0.717, 1.165) is 69.2 Å². The zero-order chi connectivity index (χ0) is 23.7. The number of aryl methyl sites for hydroxylation is 2. The minimum absolute atomic E-state index is 0.0972. The van der Waals surface area contributed by atoms with Crippen molar-refractivity contribution >= 4 is 17.5 Å². The van der Waals surface area contributed by atoms with Crippen LogP contribution in [0.25, 0.3) is 0 Å². The van der Waals surface area contributed by atoms with E-state index in [1.54, 1.807) is 4.90 Å². The molecule has 2 aromatic rings. The van der Waals surface area contributed by atoms with Crippen molar-refractivity contribution < 1.29 is 18.4 Å². The van der Waals surface area contributed by atoms with E-state index in [4.69, 9.17) is 0 Å². The molecule has 1 saturated carbocycles. The number of amides is 2. The van der Waals surface area contributed by atoms with Crippen LogP contribution in [0.1, 0.15) is 72.9 Å². The Hall–Kier alpha value is -2.76. The van der Waals surface area contributed by atoms with Crippen molar-refractivity contribution in [1.29, 1.82) is 0 Å². The Balaban J connectivity index is 1.43. The molecule has 6 heteroatoms. The molecule has 2 aromatic carbocycles. The number of benzene rings is 2. The number of nitrogens with one attached hydrogen (secondary N) is 1. The van der Waals surface area contributed by atoms with Crippen LogP contribution in [0.3, 0.4) is 0 Å².